The summed E-state index contributed by atoms with van der Waals surface area (Å²) in [4.78, 5) is 0. The molecule has 0 bridgehead atoms. The highest BCUT2D eigenvalue weighted by Gasteiger charge is 2.53. The number of aryl methyl sites for hydroxylation is 1. The summed E-state index contributed by atoms with van der Waals surface area (Å²) in [7, 11) is -0.948. The third kappa shape index (κ3) is 2.55. The SMILES string of the molecule is Cc1[nH]nc(C2CC2)c1C=C(F)B1OC(C)(C)C(C)(C)O1. The van der Waals surface area contributed by atoms with Crippen molar-refractivity contribution in [1.29, 1.82) is 0 Å². The summed E-state index contributed by atoms with van der Waals surface area (Å²) in [5.74, 6) is 0.465. The van der Waals surface area contributed by atoms with Crippen LogP contribution in [0.3, 0.4) is 0 Å². The number of nitrogens with zero attached hydrogens (tertiary/aromatic N) is 1. The molecule has 0 aromatic carbocycles. The molecule has 2 aliphatic rings. The lowest BCUT2D eigenvalue weighted by Gasteiger charge is -2.32. The van der Waals surface area contributed by atoms with Gasteiger partial charge in [0.25, 0.3) is 0 Å². The van der Waals surface area contributed by atoms with E-state index in [9.17, 15) is 4.39 Å². The molecule has 0 atom stereocenters. The summed E-state index contributed by atoms with van der Waals surface area (Å²) in [6.07, 6.45) is 3.76. The zero-order chi connectivity index (χ0) is 15.4. The molecule has 0 radical (unpaired) electrons. The van der Waals surface area contributed by atoms with Crippen LogP contribution in [0.2, 0.25) is 0 Å². The maximum atomic E-state index is 14.6. The van der Waals surface area contributed by atoms with Crippen LogP contribution >= 0.6 is 0 Å². The molecule has 21 heavy (non-hydrogen) atoms. The fraction of sp³-hybridized carbons (Fsp3) is 0.667. The highest BCUT2D eigenvalue weighted by molar-refractivity contribution is 6.54. The van der Waals surface area contributed by atoms with Gasteiger partial charge in [0.15, 0.2) is 0 Å². The first-order chi connectivity index (χ1) is 9.71. The lowest BCUT2D eigenvalue weighted by molar-refractivity contribution is 0.00578. The average Bonchev–Trinajstić information content (AvgIpc) is 3.10. The van der Waals surface area contributed by atoms with Gasteiger partial charge in [-0.25, -0.2) is 4.39 Å². The summed E-state index contributed by atoms with van der Waals surface area (Å²) in [6.45, 7) is 9.57. The normalized spacial score (nSPS) is 24.7. The van der Waals surface area contributed by atoms with Crippen LogP contribution in [0.4, 0.5) is 4.39 Å². The number of H-pyrrole nitrogens is 1. The van der Waals surface area contributed by atoms with E-state index in [4.69, 9.17) is 9.31 Å². The van der Waals surface area contributed by atoms with Gasteiger partial charge < -0.3 is 9.31 Å². The fourth-order valence-corrected chi connectivity index (χ4v) is 2.47. The Labute approximate surface area is 125 Å². The van der Waals surface area contributed by atoms with Crippen LogP contribution in [0.1, 0.15) is 63.4 Å². The molecule has 1 aromatic rings. The largest absolute Gasteiger partial charge is 0.525 e. The predicted octanol–water partition coefficient (Wildman–Crippen LogP) is 3.54. The molecule has 0 amide bonds. The molecule has 2 heterocycles. The van der Waals surface area contributed by atoms with Gasteiger partial charge in [0.2, 0.25) is 0 Å². The quantitative estimate of drug-likeness (QED) is 0.867. The lowest BCUT2D eigenvalue weighted by atomic mass is 9.86. The first kappa shape index (κ1) is 14.8. The van der Waals surface area contributed by atoms with Gasteiger partial charge >= 0.3 is 7.12 Å². The summed E-state index contributed by atoms with van der Waals surface area (Å²) < 4.78 is 26.0. The maximum Gasteiger partial charge on any atom is 0.525 e. The Hall–Kier alpha value is -1.14. The molecule has 3 rings (SSSR count). The number of hydrogen-bond donors (Lipinski definition) is 1. The van der Waals surface area contributed by atoms with Crippen LogP contribution in [0.5, 0.6) is 0 Å². The highest BCUT2D eigenvalue weighted by Crippen LogP contribution is 2.43. The number of halogens is 1. The van der Waals surface area contributed by atoms with E-state index in [0.717, 1.165) is 29.8 Å². The fourth-order valence-electron chi connectivity index (χ4n) is 2.47. The number of aromatic amines is 1. The lowest BCUT2D eigenvalue weighted by Crippen LogP contribution is -2.41. The van der Waals surface area contributed by atoms with Crippen LogP contribution in [-0.2, 0) is 9.31 Å². The molecule has 1 aliphatic carbocycles. The predicted molar refractivity (Wildman–Crippen MR) is 80.5 cm³/mol. The average molecular weight is 292 g/mol. The van der Waals surface area contributed by atoms with E-state index in [1.54, 1.807) is 0 Å². The molecule has 0 spiro atoms. The van der Waals surface area contributed by atoms with Crippen LogP contribution in [-0.4, -0.2) is 28.5 Å². The molecule has 114 valence electrons. The second-order valence-corrected chi connectivity index (χ2v) is 7.04. The van der Waals surface area contributed by atoms with E-state index >= 15 is 0 Å². The van der Waals surface area contributed by atoms with Crippen molar-refractivity contribution in [2.24, 2.45) is 0 Å². The minimum absolute atomic E-state index is 0.403. The third-order valence-electron chi connectivity index (χ3n) is 4.75. The topological polar surface area (TPSA) is 47.1 Å². The van der Waals surface area contributed by atoms with E-state index in [0.29, 0.717) is 5.92 Å². The molecule has 1 aromatic heterocycles. The van der Waals surface area contributed by atoms with Crippen molar-refractivity contribution in [3.63, 3.8) is 0 Å². The van der Waals surface area contributed by atoms with Crippen molar-refractivity contribution in [3.05, 3.63) is 22.7 Å². The summed E-state index contributed by atoms with van der Waals surface area (Å²) >= 11 is 0. The standard InChI is InChI=1S/C15H22BFN2O2/c1-9-11(13(19-18-9)10-6-7-10)8-12(17)16-20-14(2,3)15(4,5)21-16/h8,10H,6-7H2,1-5H3,(H,18,19). The molecular formula is C15H22BFN2O2. The summed E-state index contributed by atoms with van der Waals surface area (Å²) in [6, 6.07) is 0. The van der Waals surface area contributed by atoms with Crippen molar-refractivity contribution in [3.8, 4) is 0 Å². The molecule has 1 N–H and O–H groups in total. The van der Waals surface area contributed by atoms with E-state index in [1.165, 1.54) is 6.08 Å². The van der Waals surface area contributed by atoms with Gasteiger partial charge in [-0.05, 0) is 53.5 Å². The molecule has 4 nitrogen and oxygen atoms in total. The third-order valence-corrected chi connectivity index (χ3v) is 4.75. The molecular weight excluding hydrogens is 270 g/mol. The van der Waals surface area contributed by atoms with Gasteiger partial charge in [-0.15, -0.1) is 0 Å². The Kier molecular flexibility index (Phi) is 3.30. The number of rotatable bonds is 3. The minimum Gasteiger partial charge on any atom is -0.398 e. The zero-order valence-electron chi connectivity index (χ0n) is 13.3. The maximum absolute atomic E-state index is 14.6. The smallest absolute Gasteiger partial charge is 0.398 e. The van der Waals surface area contributed by atoms with Crippen LogP contribution in [0.25, 0.3) is 6.08 Å². The number of hydrogen-bond acceptors (Lipinski definition) is 3. The Bertz CT molecular complexity index is 574. The first-order valence-corrected chi connectivity index (χ1v) is 7.49. The van der Waals surface area contributed by atoms with Crippen LogP contribution < -0.4 is 0 Å². The van der Waals surface area contributed by atoms with E-state index in [2.05, 4.69) is 10.2 Å². The van der Waals surface area contributed by atoms with Crippen molar-refractivity contribution in [2.45, 2.75) is 64.6 Å². The molecule has 1 saturated heterocycles. The second-order valence-electron chi connectivity index (χ2n) is 7.04. The molecule has 0 unspecified atom stereocenters. The van der Waals surface area contributed by atoms with E-state index in [1.807, 2.05) is 34.6 Å². The van der Waals surface area contributed by atoms with Crippen molar-refractivity contribution in [1.82, 2.24) is 10.2 Å². The zero-order valence-corrected chi connectivity index (χ0v) is 13.3. The van der Waals surface area contributed by atoms with Gasteiger partial charge in [0.1, 0.15) is 5.73 Å². The molecule has 1 aliphatic heterocycles. The van der Waals surface area contributed by atoms with Crippen molar-refractivity contribution < 1.29 is 13.7 Å². The Morgan fingerprint density at radius 2 is 1.86 bits per heavy atom. The monoisotopic (exact) mass is 292 g/mol. The second kappa shape index (κ2) is 4.68. The van der Waals surface area contributed by atoms with Crippen molar-refractivity contribution >= 4 is 13.2 Å². The van der Waals surface area contributed by atoms with Gasteiger partial charge in [-0.1, -0.05) is 0 Å². The number of aromatic nitrogens is 2. The van der Waals surface area contributed by atoms with E-state index < -0.39 is 24.0 Å². The van der Waals surface area contributed by atoms with E-state index in [-0.39, 0.29) is 0 Å². The minimum atomic E-state index is -0.948. The van der Waals surface area contributed by atoms with Crippen LogP contribution in [0.15, 0.2) is 5.73 Å². The first-order valence-electron chi connectivity index (χ1n) is 7.49. The van der Waals surface area contributed by atoms with Gasteiger partial charge in [0, 0.05) is 17.2 Å². The molecule has 2 fully saturated rings. The summed E-state index contributed by atoms with van der Waals surface area (Å²) in [5.41, 5.74) is 1.20. The summed E-state index contributed by atoms with van der Waals surface area (Å²) in [5, 5.41) is 7.24. The number of nitrogens with one attached hydrogen (secondary N) is 1. The Balaban J connectivity index is 1.86. The molecule has 1 saturated carbocycles. The van der Waals surface area contributed by atoms with Crippen molar-refractivity contribution in [2.75, 3.05) is 0 Å². The van der Waals surface area contributed by atoms with Gasteiger partial charge in [-0.2, -0.15) is 5.10 Å². The highest BCUT2D eigenvalue weighted by atomic mass is 19.1. The Morgan fingerprint density at radius 1 is 1.29 bits per heavy atom. The van der Waals surface area contributed by atoms with Gasteiger partial charge in [-0.3, -0.25) is 5.10 Å². The van der Waals surface area contributed by atoms with Crippen LogP contribution in [0, 0.1) is 6.92 Å². The Morgan fingerprint density at radius 3 is 2.38 bits per heavy atom. The molecule has 6 heteroatoms. The van der Waals surface area contributed by atoms with Gasteiger partial charge in [0.05, 0.1) is 16.9 Å².